The number of likely N-dealkylation sites (tertiary alicyclic amines) is 1. The molecule has 3 aliphatic rings. The van der Waals surface area contributed by atoms with Gasteiger partial charge in [-0.25, -0.2) is 20.1 Å². The molecule has 3 atom stereocenters. The molecule has 3 aliphatic heterocycles. The van der Waals surface area contributed by atoms with E-state index in [0.29, 0.717) is 31.0 Å². The predicted molar refractivity (Wildman–Crippen MR) is 97.2 cm³/mol. The molecule has 0 aromatic rings. The molecule has 158 valence electrons. The van der Waals surface area contributed by atoms with Gasteiger partial charge in [-0.15, -0.1) is 0 Å². The lowest BCUT2D eigenvalue weighted by Crippen LogP contribution is -2.52. The van der Waals surface area contributed by atoms with Gasteiger partial charge in [0.25, 0.3) is 5.91 Å². The summed E-state index contributed by atoms with van der Waals surface area (Å²) in [7, 11) is 0. The molecule has 2 N–H and O–H groups in total. The standard InChI is InChI=1S/C18H30N4O6/c1-18(2,3)28-17(25)20-9-5-4-6-13(20)11-27-19-15(23)14-8-7-12-10-21(14)16(24)22(12)26/h12-14,26H,4-11H2,1-3H3,(H,19,23)/t12?,13-,14-/m0/s1. The normalized spacial score (nSPS) is 27.8. The topological polar surface area (TPSA) is 112 Å². The molecule has 3 saturated heterocycles. The Morgan fingerprint density at radius 3 is 2.68 bits per heavy atom. The average molecular weight is 398 g/mol. The van der Waals surface area contributed by atoms with E-state index in [1.807, 2.05) is 20.8 Å². The summed E-state index contributed by atoms with van der Waals surface area (Å²) in [5.41, 5.74) is 1.84. The number of piperidine rings is 2. The second-order valence-corrected chi connectivity index (χ2v) is 8.63. The monoisotopic (exact) mass is 398 g/mol. The Kier molecular flexibility index (Phi) is 5.99. The first-order valence-corrected chi connectivity index (χ1v) is 9.87. The summed E-state index contributed by atoms with van der Waals surface area (Å²) >= 11 is 0. The third-order valence-corrected chi connectivity index (χ3v) is 5.35. The van der Waals surface area contributed by atoms with Crippen LogP contribution in [-0.2, 0) is 14.4 Å². The van der Waals surface area contributed by atoms with Gasteiger partial charge < -0.3 is 14.5 Å². The predicted octanol–water partition coefficient (Wildman–Crippen LogP) is 1.48. The molecular weight excluding hydrogens is 368 g/mol. The van der Waals surface area contributed by atoms with E-state index in [4.69, 9.17) is 9.57 Å². The Hall–Kier alpha value is -2.07. The first-order valence-electron chi connectivity index (χ1n) is 9.87. The number of hydroxylamine groups is 3. The van der Waals surface area contributed by atoms with Crippen molar-refractivity contribution < 1.29 is 29.2 Å². The highest BCUT2D eigenvalue weighted by atomic mass is 16.7. The highest BCUT2D eigenvalue weighted by Gasteiger charge is 2.46. The molecule has 10 nitrogen and oxygen atoms in total. The zero-order valence-electron chi connectivity index (χ0n) is 16.7. The van der Waals surface area contributed by atoms with Crippen LogP contribution in [0.4, 0.5) is 9.59 Å². The van der Waals surface area contributed by atoms with E-state index in [1.165, 1.54) is 4.90 Å². The molecule has 3 fully saturated rings. The largest absolute Gasteiger partial charge is 0.444 e. The van der Waals surface area contributed by atoms with E-state index >= 15 is 0 Å². The number of carbonyl (C=O) groups is 3. The Morgan fingerprint density at radius 2 is 1.96 bits per heavy atom. The molecule has 0 aromatic carbocycles. The van der Waals surface area contributed by atoms with Gasteiger partial charge in [-0.05, 0) is 52.9 Å². The van der Waals surface area contributed by atoms with E-state index in [0.717, 1.165) is 19.3 Å². The SMILES string of the molecule is CC(C)(C)OC(=O)N1CCCC[C@H]1CONC(=O)[C@@H]1CCC2CN1C(=O)N2O. The number of urea groups is 1. The summed E-state index contributed by atoms with van der Waals surface area (Å²) in [5, 5.41) is 10.4. The number of hydrogen-bond donors (Lipinski definition) is 2. The maximum Gasteiger partial charge on any atom is 0.410 e. The van der Waals surface area contributed by atoms with Crippen LogP contribution in [0, 0.1) is 0 Å². The fourth-order valence-electron chi connectivity index (χ4n) is 3.93. The molecule has 0 radical (unpaired) electrons. The smallest absolute Gasteiger partial charge is 0.410 e. The van der Waals surface area contributed by atoms with Gasteiger partial charge in [-0.3, -0.25) is 14.8 Å². The van der Waals surface area contributed by atoms with Crippen LogP contribution >= 0.6 is 0 Å². The summed E-state index contributed by atoms with van der Waals surface area (Å²) in [6, 6.07) is -1.64. The summed E-state index contributed by atoms with van der Waals surface area (Å²) in [5.74, 6) is -0.415. The van der Waals surface area contributed by atoms with Gasteiger partial charge in [-0.2, -0.15) is 0 Å². The quantitative estimate of drug-likeness (QED) is 0.548. The molecule has 1 unspecified atom stereocenters. The molecule has 4 amide bonds. The van der Waals surface area contributed by atoms with Crippen LogP contribution < -0.4 is 5.48 Å². The molecule has 3 rings (SSSR count). The van der Waals surface area contributed by atoms with Crippen LogP contribution in [0.5, 0.6) is 0 Å². The van der Waals surface area contributed by atoms with Crippen molar-refractivity contribution in [1.82, 2.24) is 20.3 Å². The van der Waals surface area contributed by atoms with Crippen molar-refractivity contribution in [2.24, 2.45) is 0 Å². The number of carbonyl (C=O) groups excluding carboxylic acids is 3. The van der Waals surface area contributed by atoms with Crippen molar-refractivity contribution in [1.29, 1.82) is 0 Å². The van der Waals surface area contributed by atoms with Crippen LogP contribution in [0.3, 0.4) is 0 Å². The van der Waals surface area contributed by atoms with E-state index in [1.54, 1.807) is 4.90 Å². The van der Waals surface area contributed by atoms with Crippen LogP contribution in [0.15, 0.2) is 0 Å². The number of fused-ring (bicyclic) bond motifs is 2. The molecule has 0 spiro atoms. The van der Waals surface area contributed by atoms with Gasteiger partial charge in [-0.1, -0.05) is 0 Å². The second kappa shape index (κ2) is 8.12. The number of nitrogens with zero attached hydrogens (tertiary/aromatic N) is 3. The highest BCUT2D eigenvalue weighted by molar-refractivity contribution is 5.87. The van der Waals surface area contributed by atoms with Gasteiger partial charge in [0.15, 0.2) is 0 Å². The van der Waals surface area contributed by atoms with E-state index < -0.39 is 23.6 Å². The lowest BCUT2D eigenvalue weighted by molar-refractivity contribution is -0.140. The van der Waals surface area contributed by atoms with Gasteiger partial charge in [0.2, 0.25) is 0 Å². The van der Waals surface area contributed by atoms with Gasteiger partial charge in [0.05, 0.1) is 18.7 Å². The van der Waals surface area contributed by atoms with Crippen LogP contribution in [-0.4, -0.2) is 81.5 Å². The third-order valence-electron chi connectivity index (χ3n) is 5.35. The van der Waals surface area contributed by atoms with Crippen molar-refractivity contribution in [2.45, 2.75) is 76.6 Å². The minimum absolute atomic E-state index is 0.153. The fourth-order valence-corrected chi connectivity index (χ4v) is 3.93. The fraction of sp³-hybridized carbons (Fsp3) is 0.833. The van der Waals surface area contributed by atoms with Gasteiger partial charge in [0.1, 0.15) is 11.6 Å². The lowest BCUT2D eigenvalue weighted by atomic mass is 10.0. The van der Waals surface area contributed by atoms with Gasteiger partial charge in [0, 0.05) is 13.1 Å². The maximum atomic E-state index is 12.4. The van der Waals surface area contributed by atoms with Crippen molar-refractivity contribution >= 4 is 18.0 Å². The highest BCUT2D eigenvalue weighted by Crippen LogP contribution is 2.28. The van der Waals surface area contributed by atoms with Crippen LogP contribution in [0.25, 0.3) is 0 Å². The number of nitrogens with one attached hydrogen (secondary N) is 1. The average Bonchev–Trinajstić information content (AvgIpc) is 2.85. The molecule has 28 heavy (non-hydrogen) atoms. The molecule has 0 saturated carbocycles. The first-order chi connectivity index (χ1) is 13.2. The Balaban J connectivity index is 1.50. The zero-order chi connectivity index (χ0) is 20.5. The number of ether oxygens (including phenoxy) is 1. The Labute approximate surface area is 164 Å². The van der Waals surface area contributed by atoms with Gasteiger partial charge >= 0.3 is 12.1 Å². The summed E-state index contributed by atoms with van der Waals surface area (Å²) < 4.78 is 5.46. The first kappa shape index (κ1) is 20.7. The van der Waals surface area contributed by atoms with E-state index in [9.17, 15) is 19.6 Å². The summed E-state index contributed by atoms with van der Waals surface area (Å²) in [6.45, 7) is 6.55. The van der Waals surface area contributed by atoms with Crippen LogP contribution in [0.1, 0.15) is 52.9 Å². The summed E-state index contributed by atoms with van der Waals surface area (Å²) in [6.07, 6.45) is 3.29. The molecule has 3 heterocycles. The lowest BCUT2D eigenvalue weighted by Gasteiger charge is -2.36. The number of amides is 4. The molecular formula is C18H30N4O6. The number of hydrogen-bond acceptors (Lipinski definition) is 6. The van der Waals surface area contributed by atoms with E-state index in [2.05, 4.69) is 5.48 Å². The maximum absolute atomic E-state index is 12.4. The Bertz CT molecular complexity index is 622. The summed E-state index contributed by atoms with van der Waals surface area (Å²) in [4.78, 5) is 45.3. The minimum atomic E-state index is -0.658. The zero-order valence-corrected chi connectivity index (χ0v) is 16.7. The Morgan fingerprint density at radius 1 is 1.21 bits per heavy atom. The van der Waals surface area contributed by atoms with Crippen molar-refractivity contribution in [2.75, 3.05) is 19.7 Å². The van der Waals surface area contributed by atoms with Crippen LogP contribution in [0.2, 0.25) is 0 Å². The van der Waals surface area contributed by atoms with Crippen molar-refractivity contribution in [3.8, 4) is 0 Å². The molecule has 0 aromatic heterocycles. The minimum Gasteiger partial charge on any atom is -0.444 e. The molecule has 0 aliphatic carbocycles. The molecule has 10 heteroatoms. The van der Waals surface area contributed by atoms with Crippen molar-refractivity contribution in [3.63, 3.8) is 0 Å². The van der Waals surface area contributed by atoms with E-state index in [-0.39, 0.29) is 24.8 Å². The molecule has 2 bridgehead atoms. The van der Waals surface area contributed by atoms with Crippen molar-refractivity contribution in [3.05, 3.63) is 0 Å². The third kappa shape index (κ3) is 4.49. The second-order valence-electron chi connectivity index (χ2n) is 8.63. The number of rotatable bonds is 4.